The molecule has 0 aliphatic heterocycles. The predicted molar refractivity (Wildman–Crippen MR) is 147 cm³/mol. The Morgan fingerprint density at radius 3 is 1.86 bits per heavy atom. The molecule has 0 spiro atoms. The summed E-state index contributed by atoms with van der Waals surface area (Å²) in [5.41, 5.74) is 1.06. The molecule has 0 aliphatic carbocycles. The number of esters is 3. The first-order valence-corrected chi connectivity index (χ1v) is 15.5. The van der Waals surface area contributed by atoms with Gasteiger partial charge in [0, 0.05) is 12.5 Å². The van der Waals surface area contributed by atoms with Crippen LogP contribution in [0.4, 0.5) is 0 Å². The highest BCUT2D eigenvalue weighted by Gasteiger charge is 2.45. The quantitative estimate of drug-likeness (QED) is 0.112. The topological polar surface area (TPSA) is 88.1 Å². The molecule has 0 fully saturated rings. The van der Waals surface area contributed by atoms with Crippen LogP contribution in [0.25, 0.3) is 0 Å². The molecule has 37 heavy (non-hydrogen) atoms. The minimum atomic E-state index is -2.21. The molecule has 0 saturated heterocycles. The fourth-order valence-corrected chi connectivity index (χ4v) is 10.4. The summed E-state index contributed by atoms with van der Waals surface area (Å²) < 4.78 is 23.4. The van der Waals surface area contributed by atoms with Crippen LogP contribution in [0.15, 0.2) is 30.3 Å². The maximum Gasteiger partial charge on any atom is 0.352 e. The van der Waals surface area contributed by atoms with E-state index in [2.05, 4.69) is 41.5 Å². The zero-order valence-electron chi connectivity index (χ0n) is 24.5. The number of rotatable bonds is 14. The lowest BCUT2D eigenvalue weighted by atomic mass is 9.97. The first-order chi connectivity index (χ1) is 17.1. The minimum Gasteiger partial charge on any atom is -0.465 e. The Balaban J connectivity index is 3.10. The first kappa shape index (κ1) is 32.8. The van der Waals surface area contributed by atoms with E-state index < -0.39 is 37.9 Å². The lowest BCUT2D eigenvalue weighted by molar-refractivity contribution is -0.172. The van der Waals surface area contributed by atoms with Gasteiger partial charge in [0.25, 0.3) is 0 Å². The molecule has 0 heterocycles. The van der Waals surface area contributed by atoms with Crippen molar-refractivity contribution in [3.8, 4) is 0 Å². The Labute approximate surface area is 224 Å². The molecule has 210 valence electrons. The summed E-state index contributed by atoms with van der Waals surface area (Å²) in [5, 5.41) is 0. The summed E-state index contributed by atoms with van der Waals surface area (Å²) in [4.78, 5) is 37.2. The monoisotopic (exact) mass is 536 g/mol. The van der Waals surface area contributed by atoms with Crippen molar-refractivity contribution >= 4 is 26.2 Å². The first-order valence-electron chi connectivity index (χ1n) is 13.4. The maximum absolute atomic E-state index is 13.3. The molecule has 8 heteroatoms. The van der Waals surface area contributed by atoms with Crippen molar-refractivity contribution < 1.29 is 33.0 Å². The molecule has 0 aliphatic rings. The molecular formula is C29H48O7Si. The Bertz CT molecular complexity index is 837. The summed E-state index contributed by atoms with van der Waals surface area (Å²) >= 11 is 0. The van der Waals surface area contributed by atoms with Gasteiger partial charge in [-0.1, -0.05) is 71.9 Å². The van der Waals surface area contributed by atoms with Crippen LogP contribution in [-0.2, 0) is 33.0 Å². The number of hydrogen-bond donors (Lipinski definition) is 0. The van der Waals surface area contributed by atoms with Crippen LogP contribution in [-0.4, -0.2) is 45.5 Å². The van der Waals surface area contributed by atoms with Crippen molar-refractivity contribution in [3.05, 3.63) is 35.9 Å². The standard InChI is InChI=1S/C29H48O7Si/c1-20(2)37(21(3)4,22(5)6)34-19-25(17-14-18-33-28(32)29(8,9)10)36-27(31)26(35-23(7)30)24-15-12-11-13-16-24/h11-13,15-16,20-22,25-26H,14,17-19H2,1-10H3/t25-,26-/m0/s1. The molecular weight excluding hydrogens is 488 g/mol. The fraction of sp³-hybridized carbons (Fsp3) is 0.690. The Hall–Kier alpha value is -2.19. The summed E-state index contributed by atoms with van der Waals surface area (Å²) in [6.07, 6.45) is -0.788. The second-order valence-electron chi connectivity index (χ2n) is 11.6. The minimum absolute atomic E-state index is 0.220. The normalized spacial score (nSPS) is 14.0. The van der Waals surface area contributed by atoms with Gasteiger partial charge in [0.2, 0.25) is 14.4 Å². The van der Waals surface area contributed by atoms with E-state index in [9.17, 15) is 14.4 Å². The third kappa shape index (κ3) is 9.89. The van der Waals surface area contributed by atoms with Crippen LogP contribution < -0.4 is 0 Å². The molecule has 0 amide bonds. The second kappa shape index (κ2) is 14.7. The Kier molecular flexibility index (Phi) is 13.0. The highest BCUT2D eigenvalue weighted by Crippen LogP contribution is 2.42. The van der Waals surface area contributed by atoms with Gasteiger partial charge < -0.3 is 18.6 Å². The van der Waals surface area contributed by atoms with Gasteiger partial charge in [-0.2, -0.15) is 0 Å². The predicted octanol–water partition coefficient (Wildman–Crippen LogP) is 6.76. The van der Waals surface area contributed by atoms with Crippen LogP contribution in [0.3, 0.4) is 0 Å². The third-order valence-corrected chi connectivity index (χ3v) is 12.7. The average molecular weight is 537 g/mol. The highest BCUT2D eigenvalue weighted by atomic mass is 28.4. The largest absolute Gasteiger partial charge is 0.465 e. The molecule has 1 aromatic carbocycles. The van der Waals surface area contributed by atoms with Crippen LogP contribution in [0.1, 0.15) is 93.7 Å². The summed E-state index contributed by atoms with van der Waals surface area (Å²) in [6, 6.07) is 8.82. The van der Waals surface area contributed by atoms with E-state index >= 15 is 0 Å². The van der Waals surface area contributed by atoms with Crippen LogP contribution in [0.5, 0.6) is 0 Å². The average Bonchev–Trinajstić information content (AvgIpc) is 2.79. The molecule has 1 rings (SSSR count). The smallest absolute Gasteiger partial charge is 0.352 e. The van der Waals surface area contributed by atoms with Gasteiger partial charge in [0.1, 0.15) is 6.10 Å². The van der Waals surface area contributed by atoms with E-state index in [0.717, 1.165) is 0 Å². The lowest BCUT2D eigenvalue weighted by Gasteiger charge is -2.43. The van der Waals surface area contributed by atoms with E-state index in [1.807, 2.05) is 6.07 Å². The number of hydrogen-bond acceptors (Lipinski definition) is 7. The van der Waals surface area contributed by atoms with Gasteiger partial charge in [-0.25, -0.2) is 4.79 Å². The lowest BCUT2D eigenvalue weighted by Crippen LogP contribution is -2.49. The van der Waals surface area contributed by atoms with E-state index in [1.165, 1.54) is 6.92 Å². The summed E-state index contributed by atoms with van der Waals surface area (Å²) in [6.45, 7) is 20.3. The van der Waals surface area contributed by atoms with Crippen molar-refractivity contribution in [2.45, 2.75) is 111 Å². The zero-order chi connectivity index (χ0) is 28.4. The molecule has 0 N–H and O–H groups in total. The molecule has 0 aromatic heterocycles. The van der Waals surface area contributed by atoms with Crippen LogP contribution in [0.2, 0.25) is 16.6 Å². The third-order valence-electron chi connectivity index (χ3n) is 6.63. The molecule has 0 radical (unpaired) electrons. The second-order valence-corrected chi connectivity index (χ2v) is 17.1. The van der Waals surface area contributed by atoms with E-state index in [0.29, 0.717) is 35.0 Å². The molecule has 7 nitrogen and oxygen atoms in total. The van der Waals surface area contributed by atoms with E-state index in [4.69, 9.17) is 18.6 Å². The van der Waals surface area contributed by atoms with Crippen molar-refractivity contribution in [1.82, 2.24) is 0 Å². The molecule has 2 atom stereocenters. The van der Waals surface area contributed by atoms with Crippen molar-refractivity contribution in [2.75, 3.05) is 13.2 Å². The van der Waals surface area contributed by atoms with Crippen molar-refractivity contribution in [2.24, 2.45) is 5.41 Å². The van der Waals surface area contributed by atoms with Crippen molar-refractivity contribution in [1.29, 1.82) is 0 Å². The molecule has 1 aromatic rings. The number of ether oxygens (including phenoxy) is 3. The molecule has 0 saturated carbocycles. The highest BCUT2D eigenvalue weighted by molar-refractivity contribution is 6.77. The van der Waals surface area contributed by atoms with E-state index in [-0.39, 0.29) is 19.2 Å². The Morgan fingerprint density at radius 2 is 1.41 bits per heavy atom. The number of benzene rings is 1. The van der Waals surface area contributed by atoms with E-state index in [1.54, 1.807) is 45.0 Å². The van der Waals surface area contributed by atoms with Gasteiger partial charge in [-0.05, 0) is 50.2 Å². The summed E-state index contributed by atoms with van der Waals surface area (Å²) in [7, 11) is -2.21. The fourth-order valence-electron chi connectivity index (χ4n) is 4.88. The zero-order valence-corrected chi connectivity index (χ0v) is 25.5. The summed E-state index contributed by atoms with van der Waals surface area (Å²) in [5.74, 6) is -1.49. The van der Waals surface area contributed by atoms with Crippen LogP contribution >= 0.6 is 0 Å². The number of carbonyl (C=O) groups excluding carboxylic acids is 3. The Morgan fingerprint density at radius 1 is 0.865 bits per heavy atom. The van der Waals surface area contributed by atoms with Gasteiger partial charge in [-0.3, -0.25) is 9.59 Å². The van der Waals surface area contributed by atoms with Gasteiger partial charge in [0.15, 0.2) is 0 Å². The van der Waals surface area contributed by atoms with Crippen molar-refractivity contribution in [3.63, 3.8) is 0 Å². The SMILES string of the molecule is CC(=O)O[C@H](C(=O)O[C@@H](CCCOC(=O)C(C)(C)C)CO[Si](C(C)C)(C(C)C)C(C)C)c1ccccc1. The molecule has 0 bridgehead atoms. The maximum atomic E-state index is 13.3. The number of carbonyl (C=O) groups is 3. The molecule has 0 unspecified atom stereocenters. The van der Waals surface area contributed by atoms with Crippen LogP contribution in [0, 0.1) is 5.41 Å². The van der Waals surface area contributed by atoms with Gasteiger partial charge in [-0.15, -0.1) is 0 Å². The van der Waals surface area contributed by atoms with Gasteiger partial charge in [0.05, 0.1) is 18.6 Å². The van der Waals surface area contributed by atoms with Gasteiger partial charge >= 0.3 is 17.9 Å².